The highest BCUT2D eigenvalue weighted by molar-refractivity contribution is 6.31. The molecule has 0 bridgehead atoms. The average Bonchev–Trinajstić information content (AvgIpc) is 2.70. The molecule has 1 N–H and O–H groups in total. The Kier molecular flexibility index (Phi) is 10.6. The van der Waals surface area contributed by atoms with Gasteiger partial charge in [0.05, 0.1) is 7.11 Å². The number of unbranched alkanes of at least 4 members (excludes halogenated alkanes) is 5. The summed E-state index contributed by atoms with van der Waals surface area (Å²) in [6, 6.07) is 11.4. The van der Waals surface area contributed by atoms with Crippen molar-refractivity contribution in [3.63, 3.8) is 0 Å². The number of hydrogen-bond donors (Lipinski definition) is 1. The van der Waals surface area contributed by atoms with Gasteiger partial charge in [0.1, 0.15) is 6.61 Å². The first kappa shape index (κ1) is 22.9. The Balaban J connectivity index is 1.85. The van der Waals surface area contributed by atoms with Crippen molar-refractivity contribution < 1.29 is 9.47 Å². The molecule has 5 heteroatoms. The second kappa shape index (κ2) is 12.9. The van der Waals surface area contributed by atoms with Gasteiger partial charge in [-0.15, -0.1) is 0 Å². The lowest BCUT2D eigenvalue weighted by Gasteiger charge is -2.15. The van der Waals surface area contributed by atoms with E-state index in [2.05, 4.69) is 12.2 Å². The zero-order valence-electron chi connectivity index (χ0n) is 16.9. The third kappa shape index (κ3) is 7.54. The fraction of sp³-hybridized carbons (Fsp3) is 0.478. The number of hydrogen-bond acceptors (Lipinski definition) is 3. The van der Waals surface area contributed by atoms with Crippen molar-refractivity contribution >= 4 is 23.2 Å². The van der Waals surface area contributed by atoms with Crippen LogP contribution in [0.1, 0.15) is 56.6 Å². The van der Waals surface area contributed by atoms with Crippen LogP contribution in [0.4, 0.5) is 0 Å². The van der Waals surface area contributed by atoms with Crippen molar-refractivity contribution in [2.75, 3.05) is 13.7 Å². The van der Waals surface area contributed by atoms with Gasteiger partial charge in [-0.3, -0.25) is 0 Å². The SMILES string of the molecule is CCCCCCCCNCc1cc(OC)c(OCc2ccccc2Cl)cc1Cl. The van der Waals surface area contributed by atoms with Crippen LogP contribution in [-0.2, 0) is 13.2 Å². The molecule has 2 rings (SSSR count). The molecule has 2 aromatic carbocycles. The molecule has 2 aromatic rings. The van der Waals surface area contributed by atoms with Gasteiger partial charge in [-0.2, -0.15) is 0 Å². The van der Waals surface area contributed by atoms with E-state index >= 15 is 0 Å². The first-order valence-electron chi connectivity index (χ1n) is 10.1. The number of methoxy groups -OCH3 is 1. The van der Waals surface area contributed by atoms with Gasteiger partial charge >= 0.3 is 0 Å². The summed E-state index contributed by atoms with van der Waals surface area (Å²) in [5, 5.41) is 4.83. The molecule has 0 aliphatic heterocycles. The van der Waals surface area contributed by atoms with Crippen LogP contribution < -0.4 is 14.8 Å². The lowest BCUT2D eigenvalue weighted by atomic mass is 10.1. The standard InChI is InChI=1S/C23H31Cl2NO2/c1-3-4-5-6-7-10-13-26-16-19-14-22(27-2)23(15-21(19)25)28-17-18-11-8-9-12-20(18)24/h8-9,11-12,14-15,26H,3-7,10,13,16-17H2,1-2H3. The van der Waals surface area contributed by atoms with Crippen LogP contribution in [0.2, 0.25) is 10.0 Å². The molecule has 0 aliphatic carbocycles. The molecule has 0 saturated carbocycles. The summed E-state index contributed by atoms with van der Waals surface area (Å²) >= 11 is 12.7. The maximum atomic E-state index is 6.47. The van der Waals surface area contributed by atoms with Crippen LogP contribution in [0, 0.1) is 0 Å². The first-order valence-corrected chi connectivity index (χ1v) is 10.8. The van der Waals surface area contributed by atoms with Crippen molar-refractivity contribution in [1.82, 2.24) is 5.32 Å². The Bertz CT molecular complexity index is 722. The highest BCUT2D eigenvalue weighted by atomic mass is 35.5. The Morgan fingerprint density at radius 3 is 2.36 bits per heavy atom. The van der Waals surface area contributed by atoms with Crippen LogP contribution in [0.15, 0.2) is 36.4 Å². The number of nitrogens with one attached hydrogen (secondary N) is 1. The highest BCUT2D eigenvalue weighted by Crippen LogP contribution is 2.34. The van der Waals surface area contributed by atoms with Crippen LogP contribution >= 0.6 is 23.2 Å². The van der Waals surface area contributed by atoms with Crippen LogP contribution in [0.3, 0.4) is 0 Å². The molecule has 0 atom stereocenters. The molecule has 3 nitrogen and oxygen atoms in total. The van der Waals surface area contributed by atoms with Crippen molar-refractivity contribution in [3.05, 3.63) is 57.6 Å². The average molecular weight is 424 g/mol. The molecule has 28 heavy (non-hydrogen) atoms. The van der Waals surface area contributed by atoms with E-state index in [1.807, 2.05) is 36.4 Å². The lowest BCUT2D eigenvalue weighted by Crippen LogP contribution is -2.15. The fourth-order valence-electron chi connectivity index (χ4n) is 3.01. The van der Waals surface area contributed by atoms with Gasteiger partial charge in [0, 0.05) is 28.2 Å². The minimum absolute atomic E-state index is 0.363. The topological polar surface area (TPSA) is 30.5 Å². The van der Waals surface area contributed by atoms with Crippen molar-refractivity contribution in [2.24, 2.45) is 0 Å². The smallest absolute Gasteiger partial charge is 0.163 e. The molecule has 154 valence electrons. The van der Waals surface area contributed by atoms with Gasteiger partial charge in [0.2, 0.25) is 0 Å². The van der Waals surface area contributed by atoms with Gasteiger partial charge in [-0.05, 0) is 30.7 Å². The Morgan fingerprint density at radius 2 is 1.61 bits per heavy atom. The minimum atomic E-state index is 0.363. The normalized spacial score (nSPS) is 10.9. The molecule has 0 aromatic heterocycles. The van der Waals surface area contributed by atoms with Crippen LogP contribution in [0.25, 0.3) is 0 Å². The fourth-order valence-corrected chi connectivity index (χ4v) is 3.42. The van der Waals surface area contributed by atoms with Gasteiger partial charge in [0.15, 0.2) is 11.5 Å². The second-order valence-corrected chi connectivity index (χ2v) is 7.73. The largest absolute Gasteiger partial charge is 0.493 e. The van der Waals surface area contributed by atoms with E-state index in [1.54, 1.807) is 7.11 Å². The summed E-state index contributed by atoms with van der Waals surface area (Å²) in [5.41, 5.74) is 1.93. The summed E-state index contributed by atoms with van der Waals surface area (Å²) in [5.74, 6) is 1.29. The summed E-state index contributed by atoms with van der Waals surface area (Å²) in [4.78, 5) is 0. The Labute approximate surface area is 179 Å². The molecule has 0 spiro atoms. The molecule has 0 radical (unpaired) electrons. The molecule has 0 fully saturated rings. The van der Waals surface area contributed by atoms with E-state index < -0.39 is 0 Å². The number of ether oxygens (including phenoxy) is 2. The molecular formula is C23H31Cl2NO2. The van der Waals surface area contributed by atoms with Crippen LogP contribution in [0.5, 0.6) is 11.5 Å². The third-order valence-corrected chi connectivity index (χ3v) is 5.42. The van der Waals surface area contributed by atoms with Gasteiger partial charge in [-0.1, -0.05) is 80.4 Å². The quantitative estimate of drug-likeness (QED) is 0.350. The Hall–Kier alpha value is -1.42. The number of benzene rings is 2. The van der Waals surface area contributed by atoms with Crippen LogP contribution in [-0.4, -0.2) is 13.7 Å². The predicted molar refractivity (Wildman–Crippen MR) is 119 cm³/mol. The maximum absolute atomic E-state index is 6.47. The summed E-state index contributed by atoms with van der Waals surface area (Å²) in [7, 11) is 1.64. The number of halogens is 2. The molecule has 0 heterocycles. The minimum Gasteiger partial charge on any atom is -0.493 e. The zero-order chi connectivity index (χ0) is 20.2. The first-order chi connectivity index (χ1) is 13.7. The molecule has 0 aliphatic rings. The van der Waals surface area contributed by atoms with Gasteiger partial charge < -0.3 is 14.8 Å². The zero-order valence-corrected chi connectivity index (χ0v) is 18.4. The summed E-state index contributed by atoms with van der Waals surface area (Å²) in [6.07, 6.45) is 7.76. The summed E-state index contributed by atoms with van der Waals surface area (Å²) < 4.78 is 11.4. The van der Waals surface area contributed by atoms with E-state index in [-0.39, 0.29) is 0 Å². The van der Waals surface area contributed by atoms with Crippen molar-refractivity contribution in [2.45, 2.75) is 58.6 Å². The van der Waals surface area contributed by atoms with Gasteiger partial charge in [-0.25, -0.2) is 0 Å². The van der Waals surface area contributed by atoms with E-state index in [1.165, 1.54) is 38.5 Å². The number of rotatable bonds is 13. The van der Waals surface area contributed by atoms with E-state index in [0.29, 0.717) is 28.2 Å². The van der Waals surface area contributed by atoms with Crippen molar-refractivity contribution in [3.8, 4) is 11.5 Å². The maximum Gasteiger partial charge on any atom is 0.163 e. The van der Waals surface area contributed by atoms with E-state index in [0.717, 1.165) is 24.2 Å². The van der Waals surface area contributed by atoms with Crippen molar-refractivity contribution in [1.29, 1.82) is 0 Å². The van der Waals surface area contributed by atoms with E-state index in [4.69, 9.17) is 32.7 Å². The monoisotopic (exact) mass is 423 g/mol. The van der Waals surface area contributed by atoms with Gasteiger partial charge in [0.25, 0.3) is 0 Å². The molecule has 0 unspecified atom stereocenters. The molecule has 0 amide bonds. The third-order valence-electron chi connectivity index (χ3n) is 4.70. The summed E-state index contributed by atoms with van der Waals surface area (Å²) in [6.45, 7) is 4.32. The molecular weight excluding hydrogens is 393 g/mol. The second-order valence-electron chi connectivity index (χ2n) is 6.92. The van der Waals surface area contributed by atoms with E-state index in [9.17, 15) is 0 Å². The molecule has 0 saturated heterocycles. The Morgan fingerprint density at radius 1 is 0.857 bits per heavy atom. The highest BCUT2D eigenvalue weighted by Gasteiger charge is 2.11. The predicted octanol–water partition coefficient (Wildman–Crippen LogP) is 7.03. The lowest BCUT2D eigenvalue weighted by molar-refractivity contribution is 0.284.